The zero-order chi connectivity index (χ0) is 7.49. The highest BCUT2D eigenvalue weighted by molar-refractivity contribution is 7.87. The molecule has 0 aromatic heterocycles. The van der Waals surface area contributed by atoms with Crippen LogP contribution in [0.2, 0.25) is 0 Å². The average molecular weight is 150 g/mol. The lowest BCUT2D eigenvalue weighted by atomic mass is 11.3. The van der Waals surface area contributed by atoms with Gasteiger partial charge in [-0.2, -0.15) is 0 Å². The number of nitrogens with zero attached hydrogens (tertiary/aromatic N) is 4. The Balaban J connectivity index is 4.62. The highest BCUT2D eigenvalue weighted by Crippen LogP contribution is 1.93. The second-order valence-electron chi connectivity index (χ2n) is 1.43. The number of azide groups is 1. The van der Waals surface area contributed by atoms with Gasteiger partial charge in [0.25, 0.3) is 0 Å². The van der Waals surface area contributed by atoms with Crippen molar-refractivity contribution in [2.75, 3.05) is 14.1 Å². The fourth-order valence-corrected chi connectivity index (χ4v) is 0.358. The monoisotopic (exact) mass is 150 g/mol. The number of hydrogen-bond acceptors (Lipinski definition) is 2. The van der Waals surface area contributed by atoms with Gasteiger partial charge in [0.2, 0.25) is 0 Å². The fraction of sp³-hybridized carbons (Fsp3) is 1.00. The van der Waals surface area contributed by atoms with Crippen molar-refractivity contribution in [1.29, 1.82) is 0 Å². The molecule has 0 bridgehead atoms. The Bertz CT molecular complexity index is 223. The van der Waals surface area contributed by atoms with Crippen molar-refractivity contribution in [3.8, 4) is 0 Å². The Morgan fingerprint density at radius 3 is 2.11 bits per heavy atom. The standard InChI is InChI=1S/C2H6N4O2S/c1-6(2)9(7,8)5-4-3/h1-2H3. The molecule has 0 N–H and O–H groups in total. The van der Waals surface area contributed by atoms with Gasteiger partial charge in [0.1, 0.15) is 0 Å². The lowest BCUT2D eigenvalue weighted by molar-refractivity contribution is 0.522. The summed E-state index contributed by atoms with van der Waals surface area (Å²) in [4.78, 5) is 2.12. The molecule has 0 radical (unpaired) electrons. The molecule has 0 aromatic carbocycles. The molecule has 0 saturated carbocycles. The molecule has 0 unspecified atom stereocenters. The lowest BCUT2D eigenvalue weighted by Crippen LogP contribution is -2.18. The summed E-state index contributed by atoms with van der Waals surface area (Å²) in [6.45, 7) is 0. The minimum absolute atomic E-state index is 0.826. The first-order valence-electron chi connectivity index (χ1n) is 1.99. The summed E-state index contributed by atoms with van der Waals surface area (Å²) in [7, 11) is -1.14. The van der Waals surface area contributed by atoms with E-state index in [-0.39, 0.29) is 0 Å². The molecule has 0 rings (SSSR count). The quantitative estimate of drug-likeness (QED) is 0.317. The minimum atomic E-state index is -3.71. The fourth-order valence-electron chi connectivity index (χ4n) is 0.119. The Morgan fingerprint density at radius 1 is 1.56 bits per heavy atom. The van der Waals surface area contributed by atoms with Crippen molar-refractivity contribution < 1.29 is 8.42 Å². The molecule has 0 spiro atoms. The number of hydrogen-bond donors (Lipinski definition) is 0. The van der Waals surface area contributed by atoms with E-state index in [0.717, 1.165) is 4.31 Å². The van der Waals surface area contributed by atoms with E-state index in [0.29, 0.717) is 0 Å². The van der Waals surface area contributed by atoms with Crippen molar-refractivity contribution in [3.05, 3.63) is 10.4 Å². The van der Waals surface area contributed by atoms with E-state index in [1.54, 1.807) is 0 Å². The molecule has 0 aliphatic rings. The molecule has 0 aliphatic carbocycles. The van der Waals surface area contributed by atoms with E-state index in [1.807, 2.05) is 0 Å². The Kier molecular flexibility index (Phi) is 2.44. The molecular formula is C2H6N4O2S. The third-order valence-electron chi connectivity index (χ3n) is 0.601. The van der Waals surface area contributed by atoms with Crippen LogP contribution in [-0.2, 0) is 10.2 Å². The van der Waals surface area contributed by atoms with Gasteiger partial charge < -0.3 is 0 Å². The van der Waals surface area contributed by atoms with Gasteiger partial charge in [0.15, 0.2) is 0 Å². The van der Waals surface area contributed by atoms with E-state index < -0.39 is 10.2 Å². The maximum absolute atomic E-state index is 10.4. The lowest BCUT2D eigenvalue weighted by Gasteiger charge is -2.02. The second kappa shape index (κ2) is 2.67. The first kappa shape index (κ1) is 8.22. The molecule has 0 amide bonds. The molecule has 0 atom stereocenters. The minimum Gasteiger partial charge on any atom is -0.204 e. The predicted molar refractivity (Wildman–Crippen MR) is 31.8 cm³/mol. The summed E-state index contributed by atoms with van der Waals surface area (Å²) in [6.07, 6.45) is 0. The summed E-state index contributed by atoms with van der Waals surface area (Å²) in [5.41, 5.74) is 7.70. The van der Waals surface area contributed by atoms with E-state index in [4.69, 9.17) is 5.53 Å². The van der Waals surface area contributed by atoms with E-state index >= 15 is 0 Å². The van der Waals surface area contributed by atoms with Crippen LogP contribution in [0, 0.1) is 0 Å². The van der Waals surface area contributed by atoms with Crippen LogP contribution in [-0.4, -0.2) is 26.8 Å². The first-order chi connectivity index (χ1) is 4.00. The smallest absolute Gasteiger partial charge is 0.204 e. The van der Waals surface area contributed by atoms with Gasteiger partial charge >= 0.3 is 10.2 Å². The molecule has 52 valence electrons. The normalized spacial score (nSPS) is 11.0. The zero-order valence-corrected chi connectivity index (χ0v) is 5.83. The van der Waals surface area contributed by atoms with Crippen LogP contribution >= 0.6 is 0 Å². The van der Waals surface area contributed by atoms with E-state index in [1.165, 1.54) is 14.1 Å². The van der Waals surface area contributed by atoms with Crippen LogP contribution in [0.15, 0.2) is 4.52 Å². The third-order valence-corrected chi connectivity index (χ3v) is 1.80. The van der Waals surface area contributed by atoms with Crippen LogP contribution < -0.4 is 0 Å². The predicted octanol–water partition coefficient (Wildman–Crippen LogP) is 0.103. The van der Waals surface area contributed by atoms with Crippen LogP contribution in [0.1, 0.15) is 0 Å². The van der Waals surface area contributed by atoms with E-state index in [9.17, 15) is 8.42 Å². The van der Waals surface area contributed by atoms with Crippen molar-refractivity contribution in [3.63, 3.8) is 0 Å². The van der Waals surface area contributed by atoms with Crippen molar-refractivity contribution in [2.45, 2.75) is 0 Å². The molecule has 0 heterocycles. The van der Waals surface area contributed by atoms with Crippen molar-refractivity contribution in [1.82, 2.24) is 4.31 Å². The van der Waals surface area contributed by atoms with Crippen molar-refractivity contribution in [2.24, 2.45) is 4.52 Å². The van der Waals surface area contributed by atoms with Crippen LogP contribution in [0.4, 0.5) is 0 Å². The van der Waals surface area contributed by atoms with Crippen LogP contribution in [0.25, 0.3) is 10.4 Å². The molecule has 7 heteroatoms. The van der Waals surface area contributed by atoms with Crippen LogP contribution in [0.5, 0.6) is 0 Å². The highest BCUT2D eigenvalue weighted by Gasteiger charge is 2.08. The average Bonchev–Trinajstić information content (AvgIpc) is 1.65. The SMILES string of the molecule is CN(C)S(=O)(=O)N=[N+]=[N-]. The maximum atomic E-state index is 10.4. The van der Waals surface area contributed by atoms with Gasteiger partial charge in [0, 0.05) is 23.5 Å². The van der Waals surface area contributed by atoms with Gasteiger partial charge in [0.05, 0.1) is 0 Å². The molecule has 0 saturated heterocycles. The summed E-state index contributed by atoms with van der Waals surface area (Å²) in [5.74, 6) is 0. The molecule has 6 nitrogen and oxygen atoms in total. The van der Waals surface area contributed by atoms with Crippen LogP contribution in [0.3, 0.4) is 0 Å². The maximum Gasteiger partial charge on any atom is 0.302 e. The zero-order valence-electron chi connectivity index (χ0n) is 5.01. The van der Waals surface area contributed by atoms with Crippen molar-refractivity contribution >= 4 is 10.2 Å². The molecule has 9 heavy (non-hydrogen) atoms. The second-order valence-corrected chi connectivity index (χ2v) is 3.22. The first-order valence-corrected chi connectivity index (χ1v) is 3.39. The molecule has 0 aromatic rings. The van der Waals surface area contributed by atoms with Gasteiger partial charge in [-0.3, -0.25) is 0 Å². The largest absolute Gasteiger partial charge is 0.302 e. The Labute approximate surface area is 52.9 Å². The van der Waals surface area contributed by atoms with Gasteiger partial charge in [-0.1, -0.05) is 0 Å². The topological polar surface area (TPSA) is 86.1 Å². The van der Waals surface area contributed by atoms with Gasteiger partial charge in [-0.05, 0) is 5.53 Å². The Morgan fingerprint density at radius 2 is 2.00 bits per heavy atom. The highest BCUT2D eigenvalue weighted by atomic mass is 32.2. The number of rotatable bonds is 2. The summed E-state index contributed by atoms with van der Waals surface area (Å²) in [6, 6.07) is 0. The van der Waals surface area contributed by atoms with Gasteiger partial charge in [-0.25, -0.2) is 12.7 Å². The summed E-state index contributed by atoms with van der Waals surface area (Å²) >= 11 is 0. The summed E-state index contributed by atoms with van der Waals surface area (Å²) in [5, 5.41) is 0. The molecule has 0 fully saturated rings. The van der Waals surface area contributed by atoms with Gasteiger partial charge in [-0.15, -0.1) is 0 Å². The van der Waals surface area contributed by atoms with E-state index in [2.05, 4.69) is 9.43 Å². The molecular weight excluding hydrogens is 144 g/mol. The Hall–Kier alpha value is -0.780. The molecule has 0 aliphatic heterocycles. The third kappa shape index (κ3) is 2.31. The summed E-state index contributed by atoms with van der Waals surface area (Å²) < 4.78 is 24.2.